The van der Waals surface area contributed by atoms with E-state index in [-0.39, 0.29) is 11.6 Å². The Bertz CT molecular complexity index is 572. The van der Waals surface area contributed by atoms with E-state index in [9.17, 15) is 9.18 Å². The van der Waals surface area contributed by atoms with Gasteiger partial charge < -0.3 is 0 Å². The quantitative estimate of drug-likeness (QED) is 0.840. The number of Topliss-reactive ketones (excluding diaryl/α,β-unsaturated/α-hetero) is 1. The Hall–Kier alpha value is -1.55. The SMILES string of the molecule is O=C(CCc1ccncc1)Cc1ccc(F)c(Br)c1. The van der Waals surface area contributed by atoms with Gasteiger partial charge in [-0.2, -0.15) is 0 Å². The summed E-state index contributed by atoms with van der Waals surface area (Å²) in [7, 11) is 0. The molecule has 1 aromatic heterocycles. The molecule has 1 aromatic carbocycles. The van der Waals surface area contributed by atoms with Gasteiger partial charge in [0, 0.05) is 25.2 Å². The highest BCUT2D eigenvalue weighted by atomic mass is 79.9. The highest BCUT2D eigenvalue weighted by Crippen LogP contribution is 2.17. The number of carbonyl (C=O) groups excluding carboxylic acids is 1. The molecule has 0 N–H and O–H groups in total. The van der Waals surface area contributed by atoms with Crippen molar-refractivity contribution in [2.24, 2.45) is 0 Å². The summed E-state index contributed by atoms with van der Waals surface area (Å²) in [6.45, 7) is 0. The van der Waals surface area contributed by atoms with Crippen LogP contribution in [-0.4, -0.2) is 10.8 Å². The van der Waals surface area contributed by atoms with Gasteiger partial charge in [-0.05, 0) is 57.7 Å². The van der Waals surface area contributed by atoms with E-state index in [2.05, 4.69) is 20.9 Å². The summed E-state index contributed by atoms with van der Waals surface area (Å²) < 4.78 is 13.5. The Balaban J connectivity index is 1.89. The predicted octanol–water partition coefficient (Wildman–Crippen LogP) is 3.73. The lowest BCUT2D eigenvalue weighted by Gasteiger charge is -2.03. The second-order valence-electron chi connectivity index (χ2n) is 4.32. The Labute approximate surface area is 119 Å². The van der Waals surface area contributed by atoms with E-state index in [1.807, 2.05) is 12.1 Å². The van der Waals surface area contributed by atoms with Gasteiger partial charge in [-0.1, -0.05) is 6.07 Å². The van der Waals surface area contributed by atoms with Crippen LogP contribution in [0.1, 0.15) is 17.5 Å². The number of pyridine rings is 1. The molecule has 0 unspecified atom stereocenters. The maximum absolute atomic E-state index is 13.1. The number of halogens is 2. The third kappa shape index (κ3) is 4.24. The Kier molecular flexibility index (Phi) is 4.80. The van der Waals surface area contributed by atoms with Gasteiger partial charge in [0.1, 0.15) is 11.6 Å². The number of carbonyl (C=O) groups is 1. The lowest BCUT2D eigenvalue weighted by atomic mass is 10.0. The molecule has 2 nitrogen and oxygen atoms in total. The molecule has 0 aliphatic heterocycles. The average Bonchev–Trinajstić information content (AvgIpc) is 2.42. The number of benzene rings is 1. The highest BCUT2D eigenvalue weighted by molar-refractivity contribution is 9.10. The van der Waals surface area contributed by atoms with Gasteiger partial charge in [-0.3, -0.25) is 9.78 Å². The topological polar surface area (TPSA) is 30.0 Å². The van der Waals surface area contributed by atoms with Gasteiger partial charge in [0.2, 0.25) is 0 Å². The number of aromatic nitrogens is 1. The molecular formula is C15H13BrFNO. The van der Waals surface area contributed by atoms with Crippen molar-refractivity contribution in [3.05, 3.63) is 64.1 Å². The summed E-state index contributed by atoms with van der Waals surface area (Å²) in [6.07, 6.45) is 4.97. The highest BCUT2D eigenvalue weighted by Gasteiger charge is 2.06. The van der Waals surface area contributed by atoms with Crippen molar-refractivity contribution in [2.75, 3.05) is 0 Å². The van der Waals surface area contributed by atoms with Gasteiger partial charge in [0.05, 0.1) is 4.47 Å². The summed E-state index contributed by atoms with van der Waals surface area (Å²) in [6, 6.07) is 8.48. The molecule has 0 fully saturated rings. The van der Waals surface area contributed by atoms with Crippen LogP contribution in [-0.2, 0) is 17.6 Å². The predicted molar refractivity (Wildman–Crippen MR) is 75.4 cm³/mol. The van der Waals surface area contributed by atoms with Gasteiger partial charge in [-0.15, -0.1) is 0 Å². The van der Waals surface area contributed by atoms with E-state index in [0.717, 1.165) is 11.1 Å². The van der Waals surface area contributed by atoms with E-state index in [4.69, 9.17) is 0 Å². The minimum Gasteiger partial charge on any atom is -0.299 e. The second kappa shape index (κ2) is 6.57. The Morgan fingerprint density at radius 1 is 1.16 bits per heavy atom. The van der Waals surface area contributed by atoms with Crippen molar-refractivity contribution >= 4 is 21.7 Å². The standard InChI is InChI=1S/C15H13BrFNO/c16-14-10-12(2-4-15(14)17)9-13(19)3-1-11-5-7-18-8-6-11/h2,4-8,10H,1,3,9H2. The van der Waals surface area contributed by atoms with Gasteiger partial charge in [-0.25, -0.2) is 4.39 Å². The smallest absolute Gasteiger partial charge is 0.137 e. The monoisotopic (exact) mass is 321 g/mol. The molecule has 0 aliphatic rings. The Morgan fingerprint density at radius 3 is 2.58 bits per heavy atom. The van der Waals surface area contributed by atoms with Gasteiger partial charge in [0.25, 0.3) is 0 Å². The van der Waals surface area contributed by atoms with Crippen molar-refractivity contribution in [1.29, 1.82) is 0 Å². The molecule has 0 bridgehead atoms. The van der Waals surface area contributed by atoms with Crippen molar-refractivity contribution in [3.8, 4) is 0 Å². The lowest BCUT2D eigenvalue weighted by Crippen LogP contribution is -2.04. The summed E-state index contributed by atoms with van der Waals surface area (Å²) in [4.78, 5) is 15.8. The first-order valence-corrected chi connectivity index (χ1v) is 6.79. The van der Waals surface area contributed by atoms with E-state index in [1.54, 1.807) is 24.5 Å². The van der Waals surface area contributed by atoms with Gasteiger partial charge >= 0.3 is 0 Å². The molecule has 2 rings (SSSR count). The molecule has 0 saturated heterocycles. The van der Waals surface area contributed by atoms with Crippen LogP contribution in [0.25, 0.3) is 0 Å². The largest absolute Gasteiger partial charge is 0.299 e. The molecule has 0 spiro atoms. The summed E-state index contributed by atoms with van der Waals surface area (Å²) in [5, 5.41) is 0. The lowest BCUT2D eigenvalue weighted by molar-refractivity contribution is -0.118. The molecule has 0 radical (unpaired) electrons. The van der Waals surface area contributed by atoms with Crippen LogP contribution in [0.3, 0.4) is 0 Å². The van der Waals surface area contributed by atoms with Crippen LogP contribution in [0.2, 0.25) is 0 Å². The number of hydrogen-bond donors (Lipinski definition) is 0. The van der Waals surface area contributed by atoms with Crippen molar-refractivity contribution < 1.29 is 9.18 Å². The summed E-state index contributed by atoms with van der Waals surface area (Å²) in [5.41, 5.74) is 1.93. The fourth-order valence-corrected chi connectivity index (χ4v) is 2.23. The molecule has 98 valence electrons. The van der Waals surface area contributed by atoms with Crippen LogP contribution in [0, 0.1) is 5.82 Å². The zero-order valence-electron chi connectivity index (χ0n) is 10.3. The fourth-order valence-electron chi connectivity index (χ4n) is 1.80. The maximum atomic E-state index is 13.1. The molecule has 0 atom stereocenters. The number of nitrogens with zero attached hydrogens (tertiary/aromatic N) is 1. The molecule has 1 heterocycles. The molecule has 0 saturated carbocycles. The van der Waals surface area contributed by atoms with Crippen molar-refractivity contribution in [3.63, 3.8) is 0 Å². The zero-order valence-corrected chi connectivity index (χ0v) is 11.9. The zero-order chi connectivity index (χ0) is 13.7. The first kappa shape index (κ1) is 13.9. The van der Waals surface area contributed by atoms with E-state index in [1.165, 1.54) is 6.07 Å². The minimum atomic E-state index is -0.312. The van der Waals surface area contributed by atoms with E-state index < -0.39 is 0 Å². The summed E-state index contributed by atoms with van der Waals surface area (Å²) >= 11 is 3.12. The second-order valence-corrected chi connectivity index (χ2v) is 5.17. The normalized spacial score (nSPS) is 10.4. The third-order valence-corrected chi connectivity index (χ3v) is 3.43. The third-order valence-electron chi connectivity index (χ3n) is 2.83. The van der Waals surface area contributed by atoms with Crippen molar-refractivity contribution in [2.45, 2.75) is 19.3 Å². The van der Waals surface area contributed by atoms with Crippen molar-refractivity contribution in [1.82, 2.24) is 4.98 Å². The van der Waals surface area contributed by atoms with Crippen LogP contribution in [0.4, 0.5) is 4.39 Å². The first-order chi connectivity index (χ1) is 9.15. The maximum Gasteiger partial charge on any atom is 0.137 e. The Morgan fingerprint density at radius 2 is 1.89 bits per heavy atom. The summed E-state index contributed by atoms with van der Waals surface area (Å²) in [5.74, 6) is -0.164. The number of ketones is 1. The molecule has 0 amide bonds. The van der Waals surface area contributed by atoms with E-state index >= 15 is 0 Å². The molecule has 2 aromatic rings. The minimum absolute atomic E-state index is 0.148. The number of aryl methyl sites for hydroxylation is 1. The van der Waals surface area contributed by atoms with Crippen LogP contribution < -0.4 is 0 Å². The molecule has 4 heteroatoms. The molecule has 0 aliphatic carbocycles. The van der Waals surface area contributed by atoms with E-state index in [0.29, 0.717) is 23.7 Å². The van der Waals surface area contributed by atoms with Crippen LogP contribution in [0.15, 0.2) is 47.2 Å². The fraction of sp³-hybridized carbons (Fsp3) is 0.200. The number of rotatable bonds is 5. The number of hydrogen-bond acceptors (Lipinski definition) is 2. The molecule has 19 heavy (non-hydrogen) atoms. The van der Waals surface area contributed by atoms with Crippen LogP contribution in [0.5, 0.6) is 0 Å². The van der Waals surface area contributed by atoms with Gasteiger partial charge in [0.15, 0.2) is 0 Å². The first-order valence-electron chi connectivity index (χ1n) is 5.99. The van der Waals surface area contributed by atoms with Crippen LogP contribution >= 0.6 is 15.9 Å². The average molecular weight is 322 g/mol. The molecular weight excluding hydrogens is 309 g/mol.